The molecular weight excluding hydrogens is 454 g/mol. The summed E-state index contributed by atoms with van der Waals surface area (Å²) >= 11 is 6.12. The lowest BCUT2D eigenvalue weighted by atomic mass is 10.1. The number of carbonyl (C=O) groups is 1. The normalized spacial score (nSPS) is 11.3. The summed E-state index contributed by atoms with van der Waals surface area (Å²) in [5.41, 5.74) is 6.03. The zero-order valence-corrected chi connectivity index (χ0v) is 18.3. The maximum Gasteiger partial charge on any atom is 0.289 e. The molecule has 0 saturated carbocycles. The summed E-state index contributed by atoms with van der Waals surface area (Å²) in [6, 6.07) is 22.6. The molecule has 9 heteroatoms. The number of nitrogens with zero attached hydrogens (tertiary/aromatic N) is 3. The van der Waals surface area contributed by atoms with Gasteiger partial charge in [0.25, 0.3) is 11.6 Å². The number of pyridine rings is 1. The van der Waals surface area contributed by atoms with E-state index in [2.05, 4.69) is 20.5 Å². The van der Waals surface area contributed by atoms with Crippen LogP contribution in [0.1, 0.15) is 16.1 Å². The van der Waals surface area contributed by atoms with Crippen LogP contribution in [0.25, 0.3) is 33.1 Å². The predicted octanol–water partition coefficient (Wildman–Crippen LogP) is 5.71. The van der Waals surface area contributed by atoms with Gasteiger partial charge in [-0.15, -0.1) is 0 Å². The second kappa shape index (κ2) is 8.76. The number of aromatic amines is 1. The average Bonchev–Trinajstić information content (AvgIpc) is 3.23. The summed E-state index contributed by atoms with van der Waals surface area (Å²) < 4.78 is 0. The molecule has 5 aromatic rings. The molecular formula is C25H16ClN5O3. The zero-order chi connectivity index (χ0) is 23.7. The molecule has 34 heavy (non-hydrogen) atoms. The number of hydrogen-bond donors (Lipinski definition) is 2. The molecule has 0 atom stereocenters. The fraction of sp³-hybridized carbons (Fsp3) is 0. The number of non-ortho nitro benzene ring substituents is 1. The first kappa shape index (κ1) is 21.3. The summed E-state index contributed by atoms with van der Waals surface area (Å²) in [6.45, 7) is 0. The van der Waals surface area contributed by atoms with Gasteiger partial charge in [-0.2, -0.15) is 5.10 Å². The maximum atomic E-state index is 12.9. The van der Waals surface area contributed by atoms with E-state index >= 15 is 0 Å². The van der Waals surface area contributed by atoms with Crippen LogP contribution in [0.5, 0.6) is 0 Å². The Bertz CT molecular complexity index is 1590. The minimum atomic E-state index is -0.501. The molecule has 0 radical (unpaired) electrons. The number of hydrogen-bond acceptors (Lipinski definition) is 5. The standard InChI is InChI=1S/C25H16ClN5O3/c26-20-7-3-1-5-16(20)14-27-30-25(32)22-13-19-18-6-2-4-8-21(18)28-24(19)23(29-22)15-9-11-17(12-10-15)31(33)34/h1-14,28H,(H,30,32)/b27-14+. The van der Waals surface area contributed by atoms with Gasteiger partial charge in [0.1, 0.15) is 5.69 Å². The highest BCUT2D eigenvalue weighted by molar-refractivity contribution is 6.33. The van der Waals surface area contributed by atoms with Gasteiger partial charge in [-0.1, -0.05) is 48.0 Å². The summed E-state index contributed by atoms with van der Waals surface area (Å²) in [7, 11) is 0. The monoisotopic (exact) mass is 469 g/mol. The van der Waals surface area contributed by atoms with Crippen molar-refractivity contribution in [3.63, 3.8) is 0 Å². The predicted molar refractivity (Wildman–Crippen MR) is 132 cm³/mol. The molecule has 0 bridgehead atoms. The van der Waals surface area contributed by atoms with Crippen LogP contribution in [0.15, 0.2) is 84.0 Å². The lowest BCUT2D eigenvalue weighted by Crippen LogP contribution is -2.19. The molecule has 2 N–H and O–H groups in total. The van der Waals surface area contributed by atoms with Gasteiger partial charge in [-0.05, 0) is 30.3 Å². The topological polar surface area (TPSA) is 113 Å². The number of fused-ring (bicyclic) bond motifs is 3. The van der Waals surface area contributed by atoms with E-state index in [0.717, 1.165) is 21.8 Å². The molecule has 0 unspecified atom stereocenters. The van der Waals surface area contributed by atoms with E-state index in [-0.39, 0.29) is 11.4 Å². The van der Waals surface area contributed by atoms with Crippen LogP contribution in [0, 0.1) is 10.1 Å². The van der Waals surface area contributed by atoms with Crippen LogP contribution >= 0.6 is 11.6 Å². The number of amides is 1. The average molecular weight is 470 g/mol. The molecule has 0 saturated heterocycles. The number of hydrazone groups is 1. The van der Waals surface area contributed by atoms with Crippen molar-refractivity contribution in [2.75, 3.05) is 0 Å². The van der Waals surface area contributed by atoms with Crippen molar-refractivity contribution in [2.24, 2.45) is 5.10 Å². The number of nitro benzene ring substituents is 1. The van der Waals surface area contributed by atoms with Crippen LogP contribution < -0.4 is 5.43 Å². The molecule has 1 amide bonds. The van der Waals surface area contributed by atoms with Gasteiger partial charge in [-0.25, -0.2) is 10.4 Å². The quantitative estimate of drug-likeness (QED) is 0.195. The molecule has 5 rings (SSSR count). The Kier molecular flexibility index (Phi) is 5.49. The molecule has 0 spiro atoms. The first-order chi connectivity index (χ1) is 16.5. The first-order valence-corrected chi connectivity index (χ1v) is 10.6. The Labute approximate surface area is 198 Å². The largest absolute Gasteiger partial charge is 0.353 e. The van der Waals surface area contributed by atoms with Crippen molar-refractivity contribution < 1.29 is 9.72 Å². The minimum Gasteiger partial charge on any atom is -0.353 e. The van der Waals surface area contributed by atoms with Gasteiger partial charge >= 0.3 is 0 Å². The van der Waals surface area contributed by atoms with E-state index in [0.29, 0.717) is 21.8 Å². The van der Waals surface area contributed by atoms with Crippen LogP contribution in [-0.4, -0.2) is 27.0 Å². The molecule has 2 heterocycles. The molecule has 0 aliphatic carbocycles. The molecule has 0 aliphatic heterocycles. The number of nitrogens with one attached hydrogen (secondary N) is 2. The second-order valence-corrected chi connectivity index (χ2v) is 7.88. The fourth-order valence-corrected chi connectivity index (χ4v) is 3.89. The third-order valence-electron chi connectivity index (χ3n) is 5.36. The number of halogens is 1. The minimum absolute atomic E-state index is 0.0283. The maximum absolute atomic E-state index is 12.9. The SMILES string of the molecule is O=C(N/N=C/c1ccccc1Cl)c1cc2c([nH]c3ccccc32)c(-c2ccc([N+](=O)[O-])cc2)n1. The van der Waals surface area contributed by atoms with Crippen molar-refractivity contribution in [1.82, 2.24) is 15.4 Å². The third-order valence-corrected chi connectivity index (χ3v) is 5.70. The number of aromatic nitrogens is 2. The van der Waals surface area contributed by atoms with E-state index in [1.807, 2.05) is 30.3 Å². The van der Waals surface area contributed by atoms with Gasteiger partial charge in [0.05, 0.1) is 22.3 Å². The van der Waals surface area contributed by atoms with Crippen molar-refractivity contribution in [1.29, 1.82) is 0 Å². The van der Waals surface area contributed by atoms with Crippen LogP contribution in [-0.2, 0) is 0 Å². The van der Waals surface area contributed by atoms with E-state index in [9.17, 15) is 14.9 Å². The lowest BCUT2D eigenvalue weighted by Gasteiger charge is -2.07. The van der Waals surface area contributed by atoms with Crippen molar-refractivity contribution in [3.8, 4) is 11.3 Å². The van der Waals surface area contributed by atoms with Crippen LogP contribution in [0.3, 0.4) is 0 Å². The zero-order valence-electron chi connectivity index (χ0n) is 17.5. The lowest BCUT2D eigenvalue weighted by molar-refractivity contribution is -0.384. The smallest absolute Gasteiger partial charge is 0.289 e. The molecule has 2 aromatic heterocycles. The van der Waals surface area contributed by atoms with Crippen molar-refractivity contribution in [3.05, 3.63) is 105 Å². The summed E-state index contributed by atoms with van der Waals surface area (Å²) in [5.74, 6) is -0.501. The molecule has 0 aliphatic rings. The summed E-state index contributed by atoms with van der Waals surface area (Å²) in [4.78, 5) is 31.4. The van der Waals surface area contributed by atoms with Gasteiger partial charge < -0.3 is 4.98 Å². The van der Waals surface area contributed by atoms with E-state index in [4.69, 9.17) is 11.6 Å². The van der Waals surface area contributed by atoms with Crippen molar-refractivity contribution >= 4 is 51.2 Å². The highest BCUT2D eigenvalue weighted by Crippen LogP contribution is 2.33. The second-order valence-electron chi connectivity index (χ2n) is 7.47. The highest BCUT2D eigenvalue weighted by atomic mass is 35.5. The third kappa shape index (κ3) is 3.98. The summed E-state index contributed by atoms with van der Waals surface area (Å²) in [6.07, 6.45) is 1.46. The van der Waals surface area contributed by atoms with Gasteiger partial charge in [0.15, 0.2) is 0 Å². The number of benzene rings is 3. The Balaban J connectivity index is 1.58. The number of H-pyrrole nitrogens is 1. The molecule has 166 valence electrons. The molecule has 8 nitrogen and oxygen atoms in total. The molecule has 0 fully saturated rings. The van der Waals surface area contributed by atoms with E-state index in [1.54, 1.807) is 36.4 Å². The van der Waals surface area contributed by atoms with Crippen molar-refractivity contribution in [2.45, 2.75) is 0 Å². The number of para-hydroxylation sites is 1. The number of carbonyl (C=O) groups excluding carboxylic acids is 1. The van der Waals surface area contributed by atoms with Gasteiger partial charge in [-0.3, -0.25) is 14.9 Å². The Morgan fingerprint density at radius 2 is 1.76 bits per heavy atom. The van der Waals surface area contributed by atoms with Crippen LogP contribution in [0.4, 0.5) is 5.69 Å². The van der Waals surface area contributed by atoms with E-state index < -0.39 is 10.8 Å². The Morgan fingerprint density at radius 3 is 2.53 bits per heavy atom. The summed E-state index contributed by atoms with van der Waals surface area (Å²) in [5, 5.41) is 17.3. The first-order valence-electron chi connectivity index (χ1n) is 10.3. The van der Waals surface area contributed by atoms with Gasteiger partial charge in [0.2, 0.25) is 0 Å². The number of rotatable bonds is 5. The van der Waals surface area contributed by atoms with Crippen LogP contribution in [0.2, 0.25) is 5.02 Å². The fourth-order valence-electron chi connectivity index (χ4n) is 3.71. The Hall–Kier alpha value is -4.56. The Morgan fingerprint density at radius 1 is 1.03 bits per heavy atom. The van der Waals surface area contributed by atoms with E-state index in [1.165, 1.54) is 18.3 Å². The highest BCUT2D eigenvalue weighted by Gasteiger charge is 2.17. The number of nitro groups is 1. The van der Waals surface area contributed by atoms with Gasteiger partial charge in [0, 0.05) is 44.6 Å². The molecule has 3 aromatic carbocycles.